The highest BCUT2D eigenvalue weighted by Crippen LogP contribution is 2.28. The predicted molar refractivity (Wildman–Crippen MR) is 79.4 cm³/mol. The molecule has 112 valence electrons. The van der Waals surface area contributed by atoms with Crippen LogP contribution in [-0.2, 0) is 10.0 Å². The van der Waals surface area contributed by atoms with E-state index in [1.54, 1.807) is 25.1 Å². The first-order valence-electron chi connectivity index (χ1n) is 6.06. The summed E-state index contributed by atoms with van der Waals surface area (Å²) < 4.78 is 45.7. The van der Waals surface area contributed by atoms with E-state index in [0.29, 0.717) is 5.75 Å². The second kappa shape index (κ2) is 5.61. The number of hydrogen-bond acceptors (Lipinski definition) is 4. The van der Waals surface area contributed by atoms with Gasteiger partial charge in [0.15, 0.2) is 0 Å². The summed E-state index contributed by atoms with van der Waals surface area (Å²) in [6.45, 7) is 1.81. The summed E-state index contributed by atoms with van der Waals surface area (Å²) in [5.41, 5.74) is 6.65. The fraction of sp³-hybridized carbons (Fsp3) is 0.143. The Balaban J connectivity index is 2.44. The Labute approximate surface area is 122 Å². The fourth-order valence-corrected chi connectivity index (χ4v) is 2.96. The number of nitrogens with two attached hydrogens (primary N) is 1. The summed E-state index contributed by atoms with van der Waals surface area (Å²) in [5.74, 6) is -0.561. The first kappa shape index (κ1) is 15.1. The van der Waals surface area contributed by atoms with Crippen molar-refractivity contribution in [3.8, 4) is 5.75 Å². The van der Waals surface area contributed by atoms with E-state index in [1.165, 1.54) is 13.2 Å². The maximum atomic E-state index is 13.8. The molecule has 0 aliphatic carbocycles. The van der Waals surface area contributed by atoms with Crippen molar-refractivity contribution < 1.29 is 17.5 Å². The van der Waals surface area contributed by atoms with E-state index >= 15 is 0 Å². The summed E-state index contributed by atoms with van der Waals surface area (Å²) in [7, 11) is -2.65. The topological polar surface area (TPSA) is 81.4 Å². The minimum atomic E-state index is -4.07. The summed E-state index contributed by atoms with van der Waals surface area (Å²) >= 11 is 0. The molecule has 2 aromatic rings. The van der Waals surface area contributed by atoms with Crippen LogP contribution >= 0.6 is 0 Å². The maximum absolute atomic E-state index is 13.8. The lowest BCUT2D eigenvalue weighted by atomic mass is 10.2. The highest BCUT2D eigenvalue weighted by molar-refractivity contribution is 7.92. The molecule has 3 N–H and O–H groups in total. The van der Waals surface area contributed by atoms with Gasteiger partial charge in [-0.25, -0.2) is 12.8 Å². The third-order valence-electron chi connectivity index (χ3n) is 2.84. The van der Waals surface area contributed by atoms with E-state index in [2.05, 4.69) is 4.72 Å². The molecule has 0 bridgehead atoms. The average molecular weight is 310 g/mol. The van der Waals surface area contributed by atoms with Crippen LogP contribution in [0.2, 0.25) is 0 Å². The summed E-state index contributed by atoms with van der Waals surface area (Å²) in [4.78, 5) is -0.472. The van der Waals surface area contributed by atoms with Crippen molar-refractivity contribution in [2.75, 3.05) is 17.6 Å². The van der Waals surface area contributed by atoms with E-state index in [9.17, 15) is 12.8 Å². The number of halogens is 1. The van der Waals surface area contributed by atoms with Gasteiger partial charge in [-0.3, -0.25) is 4.72 Å². The van der Waals surface area contributed by atoms with Crippen molar-refractivity contribution in [3.63, 3.8) is 0 Å². The highest BCUT2D eigenvalue weighted by atomic mass is 32.2. The van der Waals surface area contributed by atoms with Crippen LogP contribution in [0.3, 0.4) is 0 Å². The fourth-order valence-electron chi connectivity index (χ4n) is 1.84. The molecule has 2 rings (SSSR count). The van der Waals surface area contributed by atoms with Crippen LogP contribution in [0, 0.1) is 12.7 Å². The van der Waals surface area contributed by atoms with Gasteiger partial charge >= 0.3 is 0 Å². The van der Waals surface area contributed by atoms with Crippen LogP contribution in [0.1, 0.15) is 5.56 Å². The Morgan fingerprint density at radius 3 is 2.52 bits per heavy atom. The predicted octanol–water partition coefficient (Wildman–Crippen LogP) is 2.53. The standard InChI is InChI=1S/C14H15FN2O3S/c1-9-3-5-13(20-2)12(7-9)17-21(18,19)14-6-4-10(16)8-11(14)15/h3-8,17H,16H2,1-2H3. The molecule has 7 heteroatoms. The van der Waals surface area contributed by atoms with Gasteiger partial charge in [-0.1, -0.05) is 6.07 Å². The Morgan fingerprint density at radius 2 is 1.90 bits per heavy atom. The van der Waals surface area contributed by atoms with Crippen LogP contribution in [-0.4, -0.2) is 15.5 Å². The van der Waals surface area contributed by atoms with Gasteiger partial charge in [0.1, 0.15) is 16.5 Å². The van der Waals surface area contributed by atoms with E-state index in [0.717, 1.165) is 17.7 Å². The Bertz CT molecular complexity index is 776. The first-order chi connectivity index (χ1) is 9.83. The molecule has 0 aliphatic heterocycles. The van der Waals surface area contributed by atoms with Crippen molar-refractivity contribution in [1.29, 1.82) is 0 Å². The van der Waals surface area contributed by atoms with Gasteiger partial charge in [0.2, 0.25) is 0 Å². The summed E-state index contributed by atoms with van der Waals surface area (Å²) in [6.07, 6.45) is 0. The van der Waals surface area contributed by atoms with E-state index in [-0.39, 0.29) is 11.4 Å². The second-order valence-corrected chi connectivity index (χ2v) is 6.15. The number of nitrogen functional groups attached to an aromatic ring is 1. The zero-order valence-corrected chi connectivity index (χ0v) is 12.4. The van der Waals surface area contributed by atoms with Gasteiger partial charge in [0, 0.05) is 5.69 Å². The normalized spacial score (nSPS) is 11.2. The lowest BCUT2D eigenvalue weighted by molar-refractivity contribution is 0.417. The van der Waals surface area contributed by atoms with Crippen molar-refractivity contribution in [2.24, 2.45) is 0 Å². The van der Waals surface area contributed by atoms with Gasteiger partial charge in [-0.2, -0.15) is 0 Å². The molecule has 5 nitrogen and oxygen atoms in total. The van der Waals surface area contributed by atoms with Gasteiger partial charge in [0.25, 0.3) is 10.0 Å². The number of nitrogens with one attached hydrogen (secondary N) is 1. The molecule has 0 saturated heterocycles. The van der Waals surface area contributed by atoms with E-state index < -0.39 is 20.7 Å². The van der Waals surface area contributed by atoms with Crippen molar-refractivity contribution in [2.45, 2.75) is 11.8 Å². The van der Waals surface area contributed by atoms with Gasteiger partial charge in [-0.15, -0.1) is 0 Å². The molecule has 0 radical (unpaired) electrons. The van der Waals surface area contributed by atoms with Crippen LogP contribution in [0.25, 0.3) is 0 Å². The quantitative estimate of drug-likeness (QED) is 0.850. The van der Waals surface area contributed by atoms with Crippen LogP contribution < -0.4 is 15.2 Å². The van der Waals surface area contributed by atoms with E-state index in [4.69, 9.17) is 10.5 Å². The minimum Gasteiger partial charge on any atom is -0.495 e. The number of ether oxygens (including phenoxy) is 1. The van der Waals surface area contributed by atoms with Crippen LogP contribution in [0.5, 0.6) is 5.75 Å². The number of rotatable bonds is 4. The Hall–Kier alpha value is -2.28. The number of benzene rings is 2. The Kier molecular flexibility index (Phi) is 4.04. The molecule has 0 saturated carbocycles. The molecule has 0 fully saturated rings. The lowest BCUT2D eigenvalue weighted by Gasteiger charge is -2.13. The molecule has 21 heavy (non-hydrogen) atoms. The molecule has 0 aromatic heterocycles. The summed E-state index contributed by atoms with van der Waals surface area (Å²) in [5, 5.41) is 0. The molecular formula is C14H15FN2O3S. The smallest absolute Gasteiger partial charge is 0.264 e. The van der Waals surface area contributed by atoms with Crippen molar-refractivity contribution in [3.05, 3.63) is 47.8 Å². The minimum absolute atomic E-state index is 0.152. The van der Waals surface area contributed by atoms with E-state index in [1.807, 2.05) is 0 Å². The molecular weight excluding hydrogens is 295 g/mol. The third-order valence-corrected chi connectivity index (χ3v) is 4.24. The number of anilines is 2. The number of aryl methyl sites for hydroxylation is 1. The summed E-state index contributed by atoms with van der Waals surface area (Å²) in [6, 6.07) is 8.42. The van der Waals surface area contributed by atoms with Crippen LogP contribution in [0.4, 0.5) is 15.8 Å². The second-order valence-electron chi connectivity index (χ2n) is 4.50. The number of methoxy groups -OCH3 is 1. The van der Waals surface area contributed by atoms with Crippen molar-refractivity contribution >= 4 is 21.4 Å². The SMILES string of the molecule is COc1ccc(C)cc1NS(=O)(=O)c1ccc(N)cc1F. The maximum Gasteiger partial charge on any atom is 0.264 e. The molecule has 0 aliphatic rings. The van der Waals surface area contributed by atoms with Gasteiger partial charge in [-0.05, 0) is 42.8 Å². The van der Waals surface area contributed by atoms with Crippen molar-refractivity contribution in [1.82, 2.24) is 0 Å². The largest absolute Gasteiger partial charge is 0.495 e. The third kappa shape index (κ3) is 3.25. The first-order valence-corrected chi connectivity index (χ1v) is 7.54. The highest BCUT2D eigenvalue weighted by Gasteiger charge is 2.20. The zero-order valence-electron chi connectivity index (χ0n) is 11.6. The Morgan fingerprint density at radius 1 is 1.19 bits per heavy atom. The van der Waals surface area contributed by atoms with Gasteiger partial charge in [0.05, 0.1) is 12.8 Å². The molecule has 2 aromatic carbocycles. The lowest BCUT2D eigenvalue weighted by Crippen LogP contribution is -2.15. The zero-order chi connectivity index (χ0) is 15.6. The number of sulfonamides is 1. The molecule has 0 spiro atoms. The molecule has 0 unspecified atom stereocenters. The average Bonchev–Trinajstić information content (AvgIpc) is 2.37. The number of hydrogen-bond donors (Lipinski definition) is 2. The molecule has 0 atom stereocenters. The molecule has 0 amide bonds. The monoisotopic (exact) mass is 310 g/mol. The van der Waals surface area contributed by atoms with Gasteiger partial charge < -0.3 is 10.5 Å². The van der Waals surface area contributed by atoms with Crippen LogP contribution in [0.15, 0.2) is 41.3 Å². The molecule has 0 heterocycles.